The maximum atomic E-state index is 4.60. The molecule has 0 fully saturated rings. The first-order valence-corrected chi connectivity index (χ1v) is 9.17. The third-order valence-corrected chi connectivity index (χ3v) is 5.96. The van der Waals surface area contributed by atoms with Gasteiger partial charge in [-0.15, -0.1) is 11.3 Å². The number of rotatable bonds is 1. The summed E-state index contributed by atoms with van der Waals surface area (Å²) in [4.78, 5) is 13.2. The Kier molecular flexibility index (Phi) is 2.73. The van der Waals surface area contributed by atoms with Gasteiger partial charge < -0.3 is 4.57 Å². The van der Waals surface area contributed by atoms with Crippen LogP contribution in [0.3, 0.4) is 0 Å². The summed E-state index contributed by atoms with van der Waals surface area (Å²) in [6, 6.07) is 14.8. The fourth-order valence-corrected chi connectivity index (χ4v) is 4.76. The zero-order valence-corrected chi connectivity index (χ0v) is 14.4. The first-order valence-electron chi connectivity index (χ1n) is 8.36. The fourth-order valence-electron chi connectivity index (χ4n) is 3.71. The van der Waals surface area contributed by atoms with Crippen molar-refractivity contribution < 1.29 is 0 Å². The summed E-state index contributed by atoms with van der Waals surface area (Å²) in [5.41, 5.74) is 4.46. The van der Waals surface area contributed by atoms with Crippen LogP contribution in [0.25, 0.3) is 47.8 Å². The number of aromatic nitrogens is 4. The van der Waals surface area contributed by atoms with Crippen molar-refractivity contribution in [3.63, 3.8) is 0 Å². The van der Waals surface area contributed by atoms with E-state index in [1.165, 1.54) is 14.8 Å². The second-order valence-corrected chi connectivity index (χ2v) is 7.34. The van der Waals surface area contributed by atoms with E-state index in [1.54, 1.807) is 11.3 Å². The Morgan fingerprint density at radius 3 is 2.27 bits per heavy atom. The molecule has 0 bridgehead atoms. The smallest absolute Gasteiger partial charge is 0.0889 e. The molecule has 122 valence electrons. The van der Waals surface area contributed by atoms with Gasteiger partial charge >= 0.3 is 0 Å². The van der Waals surface area contributed by atoms with Gasteiger partial charge in [0.15, 0.2) is 0 Å². The minimum Gasteiger partial charge on any atom is -0.309 e. The molecule has 0 amide bonds. The van der Waals surface area contributed by atoms with Crippen molar-refractivity contribution in [3.8, 4) is 5.69 Å². The van der Waals surface area contributed by atoms with Crippen molar-refractivity contribution in [2.24, 2.45) is 0 Å². The zero-order chi connectivity index (χ0) is 17.1. The summed E-state index contributed by atoms with van der Waals surface area (Å²) in [5.74, 6) is 0. The third-order valence-electron chi connectivity index (χ3n) is 4.84. The molecule has 4 nitrogen and oxygen atoms in total. The lowest BCUT2D eigenvalue weighted by atomic mass is 10.2. The number of nitrogens with zero attached hydrogens (tertiary/aromatic N) is 4. The average molecular weight is 352 g/mol. The van der Waals surface area contributed by atoms with Crippen LogP contribution in [0.15, 0.2) is 73.4 Å². The van der Waals surface area contributed by atoms with Crippen molar-refractivity contribution >= 4 is 53.4 Å². The monoisotopic (exact) mass is 352 g/mol. The van der Waals surface area contributed by atoms with Crippen LogP contribution in [0.4, 0.5) is 0 Å². The summed E-state index contributed by atoms with van der Waals surface area (Å²) in [7, 11) is 0. The number of benzene rings is 1. The molecule has 0 aliphatic rings. The maximum Gasteiger partial charge on any atom is 0.0889 e. The Bertz CT molecular complexity index is 1390. The van der Waals surface area contributed by atoms with Crippen LogP contribution in [-0.2, 0) is 0 Å². The van der Waals surface area contributed by atoms with E-state index in [4.69, 9.17) is 0 Å². The molecule has 1 aromatic carbocycles. The highest BCUT2D eigenvalue weighted by Gasteiger charge is 2.13. The molecule has 6 aromatic rings. The molecule has 0 radical (unpaired) electrons. The highest BCUT2D eigenvalue weighted by molar-refractivity contribution is 7.25. The number of hydrogen-bond donors (Lipinski definition) is 0. The summed E-state index contributed by atoms with van der Waals surface area (Å²) in [5, 5.41) is 3.43. The second-order valence-electron chi connectivity index (χ2n) is 6.25. The molecule has 0 atom stereocenters. The molecule has 5 heterocycles. The van der Waals surface area contributed by atoms with Gasteiger partial charge in [0, 0.05) is 57.5 Å². The predicted octanol–water partition coefficient (Wildman–Crippen LogP) is 5.34. The van der Waals surface area contributed by atoms with Gasteiger partial charge in [0.25, 0.3) is 0 Å². The van der Waals surface area contributed by atoms with Gasteiger partial charge in [0.05, 0.1) is 21.3 Å². The van der Waals surface area contributed by atoms with Gasteiger partial charge in [0.1, 0.15) is 0 Å². The number of fused-ring (bicyclic) bond motifs is 6. The predicted molar refractivity (Wildman–Crippen MR) is 107 cm³/mol. The Balaban J connectivity index is 1.76. The van der Waals surface area contributed by atoms with Crippen LogP contribution in [0.5, 0.6) is 0 Å². The molecule has 5 heteroatoms. The molecule has 6 rings (SSSR count). The average Bonchev–Trinajstić information content (AvgIpc) is 3.23. The van der Waals surface area contributed by atoms with E-state index >= 15 is 0 Å². The van der Waals surface area contributed by atoms with E-state index in [-0.39, 0.29) is 0 Å². The van der Waals surface area contributed by atoms with E-state index in [0.29, 0.717) is 0 Å². The second kappa shape index (κ2) is 5.09. The summed E-state index contributed by atoms with van der Waals surface area (Å²) >= 11 is 1.78. The molecule has 0 aliphatic carbocycles. The van der Waals surface area contributed by atoms with Gasteiger partial charge in [-0.3, -0.25) is 15.0 Å². The van der Waals surface area contributed by atoms with Crippen LogP contribution in [0.1, 0.15) is 0 Å². The van der Waals surface area contributed by atoms with Gasteiger partial charge in [-0.1, -0.05) is 0 Å². The third kappa shape index (κ3) is 1.80. The van der Waals surface area contributed by atoms with Crippen molar-refractivity contribution in [1.82, 2.24) is 19.5 Å². The molecular weight excluding hydrogens is 340 g/mol. The van der Waals surface area contributed by atoms with Crippen LogP contribution >= 0.6 is 11.3 Å². The molecule has 5 aromatic heterocycles. The number of pyridine rings is 3. The highest BCUT2D eigenvalue weighted by Crippen LogP contribution is 2.36. The van der Waals surface area contributed by atoms with Crippen molar-refractivity contribution in [2.45, 2.75) is 0 Å². The quantitative estimate of drug-likeness (QED) is 0.401. The lowest BCUT2D eigenvalue weighted by Crippen LogP contribution is -1.93. The van der Waals surface area contributed by atoms with Crippen molar-refractivity contribution in [3.05, 3.63) is 73.4 Å². The Morgan fingerprint density at radius 2 is 1.50 bits per heavy atom. The SMILES string of the molecule is c1cnc2c(c1)sc1ccc(-n3c4ccncc4c4cnccc43)cc12. The van der Waals surface area contributed by atoms with Crippen molar-refractivity contribution in [2.75, 3.05) is 0 Å². The van der Waals surface area contributed by atoms with E-state index in [1.807, 2.05) is 37.1 Å². The lowest BCUT2D eigenvalue weighted by Gasteiger charge is -2.07. The molecule has 0 saturated heterocycles. The largest absolute Gasteiger partial charge is 0.309 e. The van der Waals surface area contributed by atoms with Crippen molar-refractivity contribution in [1.29, 1.82) is 0 Å². The Hall–Kier alpha value is -3.31. The molecule has 0 saturated carbocycles. The standard InChI is InChI=1S/C21H12N4S/c1-2-20-21(24-7-1)14-10-13(3-4-19(14)26-20)25-17-5-8-22-11-15(17)16-12-23-9-6-18(16)25/h1-12H. The van der Waals surface area contributed by atoms with Crippen LogP contribution in [-0.4, -0.2) is 19.5 Å². The topological polar surface area (TPSA) is 43.6 Å². The normalized spacial score (nSPS) is 11.8. The minimum atomic E-state index is 1.07. The Morgan fingerprint density at radius 1 is 0.731 bits per heavy atom. The minimum absolute atomic E-state index is 1.07. The molecule has 0 unspecified atom stereocenters. The first-order chi connectivity index (χ1) is 12.9. The van der Waals surface area contributed by atoms with Crippen LogP contribution in [0.2, 0.25) is 0 Å². The number of hydrogen-bond acceptors (Lipinski definition) is 4. The molecule has 26 heavy (non-hydrogen) atoms. The van der Waals surface area contributed by atoms with E-state index in [9.17, 15) is 0 Å². The maximum absolute atomic E-state index is 4.60. The van der Waals surface area contributed by atoms with Gasteiger partial charge in [-0.05, 0) is 42.5 Å². The Labute approximate surface area is 152 Å². The molecular formula is C21H12N4S. The molecule has 0 N–H and O–H groups in total. The van der Waals surface area contributed by atoms with Gasteiger partial charge in [0.2, 0.25) is 0 Å². The lowest BCUT2D eigenvalue weighted by molar-refractivity contribution is 1.17. The molecule has 0 aliphatic heterocycles. The van der Waals surface area contributed by atoms with Crippen LogP contribution < -0.4 is 0 Å². The van der Waals surface area contributed by atoms with Gasteiger partial charge in [-0.25, -0.2) is 0 Å². The fraction of sp³-hybridized carbons (Fsp3) is 0. The van der Waals surface area contributed by atoms with E-state index in [2.05, 4.69) is 55.9 Å². The highest BCUT2D eigenvalue weighted by atomic mass is 32.1. The zero-order valence-electron chi connectivity index (χ0n) is 13.6. The van der Waals surface area contributed by atoms with E-state index in [0.717, 1.165) is 33.0 Å². The van der Waals surface area contributed by atoms with Gasteiger partial charge in [-0.2, -0.15) is 0 Å². The summed E-state index contributed by atoms with van der Waals surface area (Å²) in [6.45, 7) is 0. The molecule has 0 spiro atoms. The summed E-state index contributed by atoms with van der Waals surface area (Å²) in [6.07, 6.45) is 9.36. The van der Waals surface area contributed by atoms with Crippen LogP contribution in [0, 0.1) is 0 Å². The van der Waals surface area contributed by atoms with E-state index < -0.39 is 0 Å². The number of thiophene rings is 1. The summed E-state index contributed by atoms with van der Waals surface area (Å²) < 4.78 is 4.75. The first kappa shape index (κ1) is 13.9.